The molecule has 2 aliphatic rings. The average molecular weight is 305 g/mol. The third kappa shape index (κ3) is 4.70. The van der Waals surface area contributed by atoms with Gasteiger partial charge in [-0.3, -0.25) is 0 Å². The van der Waals surface area contributed by atoms with Gasteiger partial charge in [-0.1, -0.05) is 12.1 Å². The number of hydrogen-bond acceptors (Lipinski definition) is 4. The van der Waals surface area contributed by atoms with E-state index in [1.165, 1.54) is 5.56 Å². The lowest BCUT2D eigenvalue weighted by Crippen LogP contribution is -2.37. The van der Waals surface area contributed by atoms with Crippen molar-refractivity contribution in [1.29, 1.82) is 0 Å². The van der Waals surface area contributed by atoms with Gasteiger partial charge in [-0.2, -0.15) is 0 Å². The van der Waals surface area contributed by atoms with Crippen LogP contribution in [0.15, 0.2) is 24.3 Å². The van der Waals surface area contributed by atoms with Crippen LogP contribution in [-0.2, 0) is 11.2 Å². The Morgan fingerprint density at radius 2 is 1.91 bits per heavy atom. The molecule has 0 bridgehead atoms. The lowest BCUT2D eigenvalue weighted by Gasteiger charge is -2.29. The molecule has 0 aliphatic carbocycles. The molecule has 1 atom stereocenters. The number of aliphatic hydroxyl groups is 1. The Morgan fingerprint density at radius 3 is 2.59 bits per heavy atom. The molecule has 1 unspecified atom stereocenters. The van der Waals surface area contributed by atoms with Crippen molar-refractivity contribution in [2.45, 2.75) is 44.3 Å². The Bertz CT molecular complexity index is 434. The molecule has 1 N–H and O–H groups in total. The number of nitrogens with zero attached hydrogens (tertiary/aromatic N) is 1. The van der Waals surface area contributed by atoms with E-state index in [-0.39, 0.29) is 12.2 Å². The first-order valence-corrected chi connectivity index (χ1v) is 8.53. The zero-order valence-corrected chi connectivity index (χ0v) is 13.2. The summed E-state index contributed by atoms with van der Waals surface area (Å²) in [5.74, 6) is 0.945. The van der Waals surface area contributed by atoms with Gasteiger partial charge in [0.05, 0.1) is 12.7 Å². The molecule has 2 heterocycles. The normalized spacial score (nSPS) is 24.3. The van der Waals surface area contributed by atoms with Crippen LogP contribution in [-0.4, -0.2) is 55.1 Å². The topological polar surface area (TPSA) is 41.9 Å². The van der Waals surface area contributed by atoms with E-state index >= 15 is 0 Å². The molecule has 4 nitrogen and oxygen atoms in total. The first-order valence-electron chi connectivity index (χ1n) is 8.53. The van der Waals surface area contributed by atoms with Crippen LogP contribution in [0.2, 0.25) is 0 Å². The number of aliphatic hydroxyl groups excluding tert-OH is 1. The Morgan fingerprint density at radius 1 is 1.14 bits per heavy atom. The summed E-state index contributed by atoms with van der Waals surface area (Å²) < 4.78 is 11.4. The SMILES string of the molecule is OC1CCN(CCc2ccc(OC3CCCOC3)cc2)CC1. The Labute approximate surface area is 133 Å². The standard InChI is InChI=1S/C18H27NO3/c20-16-8-11-19(12-9-16)10-7-15-3-5-17(6-4-15)22-18-2-1-13-21-14-18/h3-6,16,18,20H,1-2,7-14H2. The van der Waals surface area contributed by atoms with Crippen molar-refractivity contribution in [3.63, 3.8) is 0 Å². The van der Waals surface area contributed by atoms with Gasteiger partial charge < -0.3 is 19.5 Å². The van der Waals surface area contributed by atoms with E-state index in [0.29, 0.717) is 6.61 Å². The number of ether oxygens (including phenoxy) is 2. The van der Waals surface area contributed by atoms with E-state index in [4.69, 9.17) is 9.47 Å². The largest absolute Gasteiger partial charge is 0.488 e. The summed E-state index contributed by atoms with van der Waals surface area (Å²) >= 11 is 0. The van der Waals surface area contributed by atoms with Crippen molar-refractivity contribution in [3.05, 3.63) is 29.8 Å². The molecule has 122 valence electrons. The van der Waals surface area contributed by atoms with Gasteiger partial charge in [-0.05, 0) is 49.8 Å². The summed E-state index contributed by atoms with van der Waals surface area (Å²) in [6, 6.07) is 8.48. The molecule has 0 spiro atoms. The summed E-state index contributed by atoms with van der Waals surface area (Å²) in [7, 11) is 0. The van der Waals surface area contributed by atoms with E-state index in [1.54, 1.807) is 0 Å². The number of rotatable bonds is 5. The highest BCUT2D eigenvalue weighted by Gasteiger charge is 2.17. The lowest BCUT2D eigenvalue weighted by molar-refractivity contribution is 0.00742. The number of hydrogen-bond donors (Lipinski definition) is 1. The number of likely N-dealkylation sites (tertiary alicyclic amines) is 1. The van der Waals surface area contributed by atoms with E-state index in [0.717, 1.165) is 64.1 Å². The fraction of sp³-hybridized carbons (Fsp3) is 0.667. The third-order valence-electron chi connectivity index (χ3n) is 4.62. The fourth-order valence-corrected chi connectivity index (χ4v) is 3.16. The second-order valence-corrected chi connectivity index (χ2v) is 6.42. The van der Waals surface area contributed by atoms with Gasteiger partial charge >= 0.3 is 0 Å². The van der Waals surface area contributed by atoms with Crippen LogP contribution in [0, 0.1) is 0 Å². The van der Waals surface area contributed by atoms with Crippen LogP contribution < -0.4 is 4.74 Å². The van der Waals surface area contributed by atoms with Gasteiger partial charge in [-0.25, -0.2) is 0 Å². The van der Waals surface area contributed by atoms with Gasteiger partial charge in [0.2, 0.25) is 0 Å². The molecule has 3 rings (SSSR count). The molecule has 0 aromatic heterocycles. The summed E-state index contributed by atoms with van der Waals surface area (Å²) in [4.78, 5) is 2.44. The highest BCUT2D eigenvalue weighted by atomic mass is 16.5. The highest BCUT2D eigenvalue weighted by molar-refractivity contribution is 5.27. The molecule has 1 aromatic carbocycles. The van der Waals surface area contributed by atoms with Crippen LogP contribution in [0.25, 0.3) is 0 Å². The highest BCUT2D eigenvalue weighted by Crippen LogP contribution is 2.18. The van der Waals surface area contributed by atoms with E-state index < -0.39 is 0 Å². The predicted octanol–water partition coefficient (Wildman–Crippen LogP) is 2.24. The van der Waals surface area contributed by atoms with E-state index in [9.17, 15) is 5.11 Å². The molecule has 1 aromatic rings. The maximum atomic E-state index is 9.53. The van der Waals surface area contributed by atoms with E-state index in [2.05, 4.69) is 29.2 Å². The maximum absolute atomic E-state index is 9.53. The summed E-state index contributed by atoms with van der Waals surface area (Å²) in [5, 5.41) is 9.53. The Hall–Kier alpha value is -1.10. The van der Waals surface area contributed by atoms with Crippen LogP contribution in [0.1, 0.15) is 31.2 Å². The van der Waals surface area contributed by atoms with Crippen molar-refractivity contribution in [3.8, 4) is 5.75 Å². The minimum Gasteiger partial charge on any atom is -0.488 e. The lowest BCUT2D eigenvalue weighted by atomic mass is 10.1. The zero-order chi connectivity index (χ0) is 15.2. The zero-order valence-electron chi connectivity index (χ0n) is 13.2. The van der Waals surface area contributed by atoms with Crippen LogP contribution >= 0.6 is 0 Å². The smallest absolute Gasteiger partial charge is 0.122 e. The minimum absolute atomic E-state index is 0.0866. The van der Waals surface area contributed by atoms with Crippen LogP contribution in [0.3, 0.4) is 0 Å². The molecule has 0 amide bonds. The molecule has 2 aliphatic heterocycles. The van der Waals surface area contributed by atoms with Crippen molar-refractivity contribution in [2.75, 3.05) is 32.8 Å². The molecule has 2 saturated heterocycles. The third-order valence-corrected chi connectivity index (χ3v) is 4.62. The van der Waals surface area contributed by atoms with Gasteiger partial charge in [-0.15, -0.1) is 0 Å². The Kier molecular flexibility index (Phi) is 5.70. The van der Waals surface area contributed by atoms with Gasteiger partial charge in [0.25, 0.3) is 0 Å². The second kappa shape index (κ2) is 7.95. The quantitative estimate of drug-likeness (QED) is 0.906. The van der Waals surface area contributed by atoms with Gasteiger partial charge in [0.15, 0.2) is 0 Å². The number of benzene rings is 1. The molecule has 4 heteroatoms. The minimum atomic E-state index is -0.0866. The van der Waals surface area contributed by atoms with E-state index in [1.807, 2.05) is 0 Å². The fourth-order valence-electron chi connectivity index (χ4n) is 3.16. The van der Waals surface area contributed by atoms with Crippen molar-refractivity contribution in [1.82, 2.24) is 4.90 Å². The molecule has 2 fully saturated rings. The molecular weight excluding hydrogens is 278 g/mol. The first kappa shape index (κ1) is 15.8. The Balaban J connectivity index is 1.43. The summed E-state index contributed by atoms with van der Waals surface area (Å²) in [6.45, 7) is 4.69. The van der Waals surface area contributed by atoms with Crippen LogP contribution in [0.4, 0.5) is 0 Å². The first-order chi connectivity index (χ1) is 10.8. The molecule has 22 heavy (non-hydrogen) atoms. The monoisotopic (exact) mass is 305 g/mol. The molecule has 0 saturated carbocycles. The van der Waals surface area contributed by atoms with Crippen molar-refractivity contribution < 1.29 is 14.6 Å². The maximum Gasteiger partial charge on any atom is 0.122 e. The average Bonchev–Trinajstić information content (AvgIpc) is 2.57. The summed E-state index contributed by atoms with van der Waals surface area (Å²) in [6.07, 6.45) is 5.18. The van der Waals surface area contributed by atoms with Gasteiger partial charge in [0.1, 0.15) is 11.9 Å². The summed E-state index contributed by atoms with van der Waals surface area (Å²) in [5.41, 5.74) is 1.35. The van der Waals surface area contributed by atoms with Crippen LogP contribution in [0.5, 0.6) is 5.75 Å². The van der Waals surface area contributed by atoms with Crippen molar-refractivity contribution in [2.24, 2.45) is 0 Å². The molecule has 0 radical (unpaired) electrons. The second-order valence-electron chi connectivity index (χ2n) is 6.42. The number of piperidine rings is 1. The predicted molar refractivity (Wildman–Crippen MR) is 86.3 cm³/mol. The van der Waals surface area contributed by atoms with Gasteiger partial charge in [0, 0.05) is 26.2 Å². The molecular formula is C18H27NO3. The van der Waals surface area contributed by atoms with Crippen molar-refractivity contribution >= 4 is 0 Å².